The van der Waals surface area contributed by atoms with E-state index in [9.17, 15) is 0 Å². The van der Waals surface area contributed by atoms with E-state index < -0.39 is 0 Å². The van der Waals surface area contributed by atoms with Crippen molar-refractivity contribution in [2.45, 2.75) is 38.6 Å². The van der Waals surface area contributed by atoms with Crippen molar-refractivity contribution in [3.8, 4) is 0 Å². The molecule has 0 aliphatic rings. The van der Waals surface area contributed by atoms with Crippen molar-refractivity contribution in [1.29, 1.82) is 0 Å². The number of aromatic nitrogens is 2. The molecule has 18 heavy (non-hydrogen) atoms. The summed E-state index contributed by atoms with van der Waals surface area (Å²) in [6, 6.07) is 10.0. The lowest BCUT2D eigenvalue weighted by atomic mass is 9.97. The Morgan fingerprint density at radius 3 is 2.33 bits per heavy atom. The smallest absolute Gasteiger partial charge is 0.233 e. The third kappa shape index (κ3) is 2.59. The fraction of sp³-hybridized carbons (Fsp3) is 0.429. The Labute approximate surface area is 107 Å². The highest BCUT2D eigenvalue weighted by Gasteiger charge is 2.20. The fourth-order valence-electron chi connectivity index (χ4n) is 1.95. The Kier molecular flexibility index (Phi) is 4.10. The molecule has 1 aromatic carbocycles. The number of nitrogens with zero attached hydrogens (tertiary/aromatic N) is 2. The van der Waals surface area contributed by atoms with Gasteiger partial charge in [-0.1, -0.05) is 44.2 Å². The zero-order valence-corrected chi connectivity index (χ0v) is 10.8. The Bertz CT molecular complexity index is 481. The first kappa shape index (κ1) is 12.8. The van der Waals surface area contributed by atoms with E-state index in [-0.39, 0.29) is 12.0 Å². The molecule has 2 atom stereocenters. The highest BCUT2D eigenvalue weighted by Crippen LogP contribution is 2.27. The predicted octanol–water partition coefficient (Wildman–Crippen LogP) is 3.02. The van der Waals surface area contributed by atoms with Gasteiger partial charge in [0.1, 0.15) is 0 Å². The van der Waals surface area contributed by atoms with E-state index in [0.29, 0.717) is 11.8 Å². The summed E-state index contributed by atoms with van der Waals surface area (Å²) in [6.45, 7) is 4.12. The van der Waals surface area contributed by atoms with Crippen LogP contribution in [-0.4, -0.2) is 10.2 Å². The molecule has 0 fully saturated rings. The van der Waals surface area contributed by atoms with Crippen LogP contribution in [0.1, 0.15) is 56.0 Å². The van der Waals surface area contributed by atoms with E-state index in [1.54, 1.807) is 0 Å². The number of hydrogen-bond acceptors (Lipinski definition) is 4. The third-order valence-corrected chi connectivity index (χ3v) is 3.12. The molecule has 1 heterocycles. The van der Waals surface area contributed by atoms with Crippen molar-refractivity contribution in [2.75, 3.05) is 0 Å². The van der Waals surface area contributed by atoms with E-state index in [4.69, 9.17) is 10.2 Å². The van der Waals surface area contributed by atoms with Crippen LogP contribution in [0.4, 0.5) is 0 Å². The molecule has 0 saturated heterocycles. The van der Waals surface area contributed by atoms with E-state index in [1.807, 2.05) is 25.1 Å². The average Bonchev–Trinajstić information content (AvgIpc) is 2.89. The highest BCUT2D eigenvalue weighted by atomic mass is 16.4. The van der Waals surface area contributed by atoms with Crippen molar-refractivity contribution >= 4 is 0 Å². The van der Waals surface area contributed by atoms with Gasteiger partial charge in [0.25, 0.3) is 0 Å². The van der Waals surface area contributed by atoms with Crippen LogP contribution < -0.4 is 5.73 Å². The van der Waals surface area contributed by atoms with Crippen molar-refractivity contribution in [2.24, 2.45) is 5.73 Å². The average molecular weight is 245 g/mol. The molecule has 1 aromatic heterocycles. The van der Waals surface area contributed by atoms with Gasteiger partial charge in [0.2, 0.25) is 11.8 Å². The summed E-state index contributed by atoms with van der Waals surface area (Å²) in [5.41, 5.74) is 7.09. The lowest BCUT2D eigenvalue weighted by Gasteiger charge is -2.10. The first-order valence-corrected chi connectivity index (χ1v) is 6.40. The van der Waals surface area contributed by atoms with E-state index in [0.717, 1.165) is 12.8 Å². The van der Waals surface area contributed by atoms with Gasteiger partial charge in [-0.25, -0.2) is 0 Å². The standard InChI is InChI=1S/C14H19N3O/c1-3-11(10-8-6-5-7-9-10)13-16-17-14(18-13)12(15)4-2/h5-9,11-12H,3-4,15H2,1-2H3. The van der Waals surface area contributed by atoms with E-state index >= 15 is 0 Å². The minimum absolute atomic E-state index is 0.150. The summed E-state index contributed by atoms with van der Waals surface area (Å²) in [7, 11) is 0. The Balaban J connectivity index is 2.26. The van der Waals surface area contributed by atoms with Gasteiger partial charge in [-0.05, 0) is 18.4 Å². The molecule has 2 N–H and O–H groups in total. The van der Waals surface area contributed by atoms with Crippen LogP contribution in [0.25, 0.3) is 0 Å². The van der Waals surface area contributed by atoms with Crippen LogP contribution in [0.3, 0.4) is 0 Å². The minimum atomic E-state index is -0.167. The minimum Gasteiger partial charge on any atom is -0.423 e. The maximum atomic E-state index is 5.89. The number of benzene rings is 1. The molecule has 0 saturated carbocycles. The number of nitrogens with two attached hydrogens (primary N) is 1. The quantitative estimate of drug-likeness (QED) is 0.879. The van der Waals surface area contributed by atoms with Crippen LogP contribution in [0, 0.1) is 0 Å². The molecule has 0 bridgehead atoms. The summed E-state index contributed by atoms with van der Waals surface area (Å²) in [5.74, 6) is 1.33. The molecule has 0 spiro atoms. The topological polar surface area (TPSA) is 64.9 Å². The summed E-state index contributed by atoms with van der Waals surface area (Å²) in [6.07, 6.45) is 1.72. The molecule has 2 rings (SSSR count). The first-order chi connectivity index (χ1) is 8.76. The summed E-state index contributed by atoms with van der Waals surface area (Å²) in [4.78, 5) is 0. The molecule has 2 unspecified atom stereocenters. The Hall–Kier alpha value is -1.68. The summed E-state index contributed by atoms with van der Waals surface area (Å²) < 4.78 is 5.70. The van der Waals surface area contributed by atoms with Crippen LogP contribution in [-0.2, 0) is 0 Å². The second-order valence-electron chi connectivity index (χ2n) is 4.36. The van der Waals surface area contributed by atoms with Crippen LogP contribution in [0.15, 0.2) is 34.7 Å². The van der Waals surface area contributed by atoms with Gasteiger partial charge in [-0.15, -0.1) is 10.2 Å². The Morgan fingerprint density at radius 1 is 1.06 bits per heavy atom. The molecular weight excluding hydrogens is 226 g/mol. The molecule has 96 valence electrons. The van der Waals surface area contributed by atoms with E-state index in [1.165, 1.54) is 5.56 Å². The number of hydrogen-bond donors (Lipinski definition) is 1. The highest BCUT2D eigenvalue weighted by molar-refractivity contribution is 5.24. The fourth-order valence-corrected chi connectivity index (χ4v) is 1.95. The Morgan fingerprint density at radius 2 is 1.72 bits per heavy atom. The molecule has 0 aliphatic heterocycles. The maximum Gasteiger partial charge on any atom is 0.233 e. The molecule has 4 nitrogen and oxygen atoms in total. The van der Waals surface area contributed by atoms with Crippen molar-refractivity contribution in [3.05, 3.63) is 47.7 Å². The molecule has 2 aromatic rings. The van der Waals surface area contributed by atoms with Crippen molar-refractivity contribution in [3.63, 3.8) is 0 Å². The first-order valence-electron chi connectivity index (χ1n) is 6.40. The maximum absolute atomic E-state index is 5.89. The van der Waals surface area contributed by atoms with Crippen LogP contribution in [0.2, 0.25) is 0 Å². The monoisotopic (exact) mass is 245 g/mol. The third-order valence-electron chi connectivity index (χ3n) is 3.12. The van der Waals surface area contributed by atoms with Gasteiger partial charge < -0.3 is 10.2 Å². The summed E-state index contributed by atoms with van der Waals surface area (Å²) >= 11 is 0. The van der Waals surface area contributed by atoms with Crippen LogP contribution >= 0.6 is 0 Å². The van der Waals surface area contributed by atoms with Gasteiger partial charge in [0.15, 0.2) is 0 Å². The second kappa shape index (κ2) is 5.78. The summed E-state index contributed by atoms with van der Waals surface area (Å²) in [5, 5.41) is 8.18. The van der Waals surface area contributed by atoms with Crippen molar-refractivity contribution < 1.29 is 4.42 Å². The SMILES string of the molecule is CCC(N)c1nnc(C(CC)c2ccccc2)o1. The largest absolute Gasteiger partial charge is 0.423 e. The molecule has 0 amide bonds. The normalized spacial score (nSPS) is 14.4. The van der Waals surface area contributed by atoms with Gasteiger partial charge in [0.05, 0.1) is 12.0 Å². The zero-order chi connectivity index (χ0) is 13.0. The van der Waals surface area contributed by atoms with Crippen molar-refractivity contribution in [1.82, 2.24) is 10.2 Å². The second-order valence-corrected chi connectivity index (χ2v) is 4.36. The van der Waals surface area contributed by atoms with Gasteiger partial charge in [0, 0.05) is 0 Å². The zero-order valence-electron chi connectivity index (χ0n) is 10.8. The number of rotatable bonds is 5. The van der Waals surface area contributed by atoms with E-state index in [2.05, 4.69) is 29.3 Å². The molecule has 4 heteroatoms. The van der Waals surface area contributed by atoms with Crippen LogP contribution in [0.5, 0.6) is 0 Å². The molecule has 0 aliphatic carbocycles. The predicted molar refractivity (Wildman–Crippen MR) is 70.1 cm³/mol. The van der Waals surface area contributed by atoms with Gasteiger partial charge >= 0.3 is 0 Å². The lowest BCUT2D eigenvalue weighted by molar-refractivity contribution is 0.398. The molecule has 0 radical (unpaired) electrons. The molecular formula is C14H19N3O. The van der Waals surface area contributed by atoms with Gasteiger partial charge in [-0.3, -0.25) is 0 Å². The van der Waals surface area contributed by atoms with Gasteiger partial charge in [-0.2, -0.15) is 0 Å². The lowest BCUT2D eigenvalue weighted by Crippen LogP contribution is -2.08.